The summed E-state index contributed by atoms with van der Waals surface area (Å²) in [6.07, 6.45) is 1.33. The summed E-state index contributed by atoms with van der Waals surface area (Å²) in [4.78, 5) is 0. The maximum Gasteiger partial charge on any atom is 0.161 e. The lowest BCUT2D eigenvalue weighted by atomic mass is 10.0. The molecule has 18 heavy (non-hydrogen) atoms. The van der Waals surface area contributed by atoms with Crippen LogP contribution in [-0.4, -0.2) is 20.6 Å². The first kappa shape index (κ1) is 12.0. The van der Waals surface area contributed by atoms with E-state index in [9.17, 15) is 0 Å². The molecule has 0 fully saturated rings. The smallest absolute Gasteiger partial charge is 0.161 e. The number of aromatic nitrogens is 4. The second-order valence-corrected chi connectivity index (χ2v) is 3.74. The average molecular weight is 238 g/mol. The predicted octanol–water partition coefficient (Wildman–Crippen LogP) is 2.86. The Morgan fingerprint density at radius 1 is 0.889 bits per heavy atom. The van der Waals surface area contributed by atoms with Crippen LogP contribution >= 0.6 is 0 Å². The van der Waals surface area contributed by atoms with Crippen LogP contribution in [0.4, 0.5) is 0 Å². The van der Waals surface area contributed by atoms with Gasteiger partial charge >= 0.3 is 0 Å². The second-order valence-electron chi connectivity index (χ2n) is 3.74. The van der Waals surface area contributed by atoms with Crippen LogP contribution in [0.5, 0.6) is 0 Å². The van der Waals surface area contributed by atoms with E-state index in [1.165, 1.54) is 23.0 Å². The maximum absolute atomic E-state index is 3.38. The van der Waals surface area contributed by atoms with Crippen molar-refractivity contribution in [2.75, 3.05) is 0 Å². The van der Waals surface area contributed by atoms with E-state index in [0.717, 1.165) is 0 Å². The van der Waals surface area contributed by atoms with Crippen molar-refractivity contribution in [1.82, 2.24) is 20.6 Å². The molecule has 0 radical (unpaired) electrons. The highest BCUT2D eigenvalue weighted by atomic mass is 15.5. The van der Waals surface area contributed by atoms with Crippen molar-refractivity contribution in [3.63, 3.8) is 0 Å². The molecule has 0 aliphatic heterocycles. The molecule has 1 N–H and O–H groups in total. The first-order valence-corrected chi connectivity index (χ1v) is 5.65. The molecule has 3 aromatic rings. The monoisotopic (exact) mass is 238 g/mol. The number of H-pyrrole nitrogens is 1. The van der Waals surface area contributed by atoms with Crippen LogP contribution in [0.3, 0.4) is 0 Å². The molecule has 0 aliphatic carbocycles. The molecule has 0 saturated carbocycles. The number of nitrogens with zero attached hydrogens (tertiary/aromatic N) is 3. The lowest BCUT2D eigenvalue weighted by molar-refractivity contribution is 0.881. The van der Waals surface area contributed by atoms with Gasteiger partial charge < -0.3 is 0 Å². The molecule has 2 aromatic carbocycles. The Labute approximate surface area is 106 Å². The third-order valence-electron chi connectivity index (χ3n) is 2.50. The van der Waals surface area contributed by atoms with Crippen molar-refractivity contribution >= 4 is 0 Å². The van der Waals surface area contributed by atoms with E-state index in [-0.39, 0.29) is 0 Å². The van der Waals surface area contributed by atoms with Crippen LogP contribution in [0.1, 0.15) is 5.56 Å². The molecule has 0 atom stereocenters. The maximum atomic E-state index is 3.38. The van der Waals surface area contributed by atoms with E-state index in [0.29, 0.717) is 0 Å². The number of nitrogens with one attached hydrogen (secondary N) is 1. The van der Waals surface area contributed by atoms with E-state index >= 15 is 0 Å². The lowest BCUT2D eigenvalue weighted by Gasteiger charge is -2.04. The van der Waals surface area contributed by atoms with Crippen molar-refractivity contribution in [1.29, 1.82) is 0 Å². The topological polar surface area (TPSA) is 54.5 Å². The summed E-state index contributed by atoms with van der Waals surface area (Å²) in [6.45, 7) is 2.14. The van der Waals surface area contributed by atoms with Crippen molar-refractivity contribution in [3.8, 4) is 11.1 Å². The zero-order valence-electron chi connectivity index (χ0n) is 10.1. The standard InChI is InChI=1S/C13H12.CH2N4/c1-11-7-5-6-10-13(11)12-8-3-2-4-9-12;1-2-4-5-3-1/h2-10H,1H3;1H,(H,2,3,4,5). The van der Waals surface area contributed by atoms with Crippen LogP contribution in [0.15, 0.2) is 60.9 Å². The van der Waals surface area contributed by atoms with Crippen molar-refractivity contribution in [3.05, 3.63) is 66.5 Å². The normalized spacial score (nSPS) is 9.39. The third-order valence-corrected chi connectivity index (χ3v) is 2.50. The van der Waals surface area contributed by atoms with E-state index in [1.807, 2.05) is 6.07 Å². The number of rotatable bonds is 1. The van der Waals surface area contributed by atoms with Crippen LogP contribution in [0.2, 0.25) is 0 Å². The molecule has 90 valence electrons. The van der Waals surface area contributed by atoms with Crippen LogP contribution in [-0.2, 0) is 0 Å². The molecule has 0 aliphatic rings. The number of hydrogen-bond acceptors (Lipinski definition) is 3. The zero-order chi connectivity index (χ0) is 12.6. The van der Waals surface area contributed by atoms with Gasteiger partial charge in [0.2, 0.25) is 0 Å². The zero-order valence-corrected chi connectivity index (χ0v) is 10.1. The van der Waals surface area contributed by atoms with Gasteiger partial charge in [0, 0.05) is 0 Å². The van der Waals surface area contributed by atoms with Gasteiger partial charge in [0.25, 0.3) is 0 Å². The molecule has 0 saturated heterocycles. The SMILES string of the molecule is Cc1ccccc1-c1ccccc1.c1nn[nH]n1. The van der Waals surface area contributed by atoms with Gasteiger partial charge in [-0.25, -0.2) is 0 Å². The molecule has 3 rings (SSSR count). The Kier molecular flexibility index (Phi) is 4.19. The Bertz CT molecular complexity index is 544. The van der Waals surface area contributed by atoms with Gasteiger partial charge in [0.05, 0.1) is 0 Å². The van der Waals surface area contributed by atoms with Gasteiger partial charge in [-0.2, -0.15) is 5.21 Å². The molecule has 0 unspecified atom stereocenters. The highest BCUT2D eigenvalue weighted by Gasteiger charge is 1.97. The molecule has 0 amide bonds. The molecular weight excluding hydrogens is 224 g/mol. The fraction of sp³-hybridized carbons (Fsp3) is 0.0714. The lowest BCUT2D eigenvalue weighted by Crippen LogP contribution is -1.80. The summed E-state index contributed by atoms with van der Waals surface area (Å²) in [5, 5.41) is 12.2. The van der Waals surface area contributed by atoms with Crippen LogP contribution in [0.25, 0.3) is 11.1 Å². The van der Waals surface area contributed by atoms with Gasteiger partial charge in [-0.1, -0.05) is 59.8 Å². The first-order chi connectivity index (χ1) is 8.88. The van der Waals surface area contributed by atoms with Crippen LogP contribution < -0.4 is 0 Å². The largest absolute Gasteiger partial charge is 0.177 e. The van der Waals surface area contributed by atoms with Crippen molar-refractivity contribution in [2.24, 2.45) is 0 Å². The highest BCUT2D eigenvalue weighted by Crippen LogP contribution is 2.21. The average Bonchev–Trinajstić information content (AvgIpc) is 2.99. The van der Waals surface area contributed by atoms with E-state index in [4.69, 9.17) is 0 Å². The van der Waals surface area contributed by atoms with E-state index in [2.05, 4.69) is 76.1 Å². The number of tetrazole rings is 1. The summed E-state index contributed by atoms with van der Waals surface area (Å²) >= 11 is 0. The van der Waals surface area contributed by atoms with E-state index < -0.39 is 0 Å². The minimum atomic E-state index is 1.29. The Balaban J connectivity index is 0.000000202. The summed E-state index contributed by atoms with van der Waals surface area (Å²) in [6, 6.07) is 18.9. The fourth-order valence-corrected chi connectivity index (χ4v) is 1.64. The quantitative estimate of drug-likeness (QED) is 0.709. The van der Waals surface area contributed by atoms with Gasteiger partial charge in [0.15, 0.2) is 6.33 Å². The molecule has 4 heteroatoms. The number of aryl methyl sites for hydroxylation is 1. The fourth-order valence-electron chi connectivity index (χ4n) is 1.64. The molecule has 4 nitrogen and oxygen atoms in total. The number of aromatic amines is 1. The molecule has 0 spiro atoms. The van der Waals surface area contributed by atoms with Gasteiger partial charge in [-0.3, -0.25) is 0 Å². The molecular formula is C14H14N4. The third kappa shape index (κ3) is 3.25. The summed E-state index contributed by atoms with van der Waals surface area (Å²) in [7, 11) is 0. The molecule has 1 aromatic heterocycles. The van der Waals surface area contributed by atoms with E-state index in [1.54, 1.807) is 0 Å². The van der Waals surface area contributed by atoms with Crippen molar-refractivity contribution < 1.29 is 0 Å². The van der Waals surface area contributed by atoms with Crippen LogP contribution in [0, 0.1) is 6.92 Å². The summed E-state index contributed by atoms with van der Waals surface area (Å²) in [5.41, 5.74) is 3.94. The van der Waals surface area contributed by atoms with Gasteiger partial charge in [-0.15, -0.1) is 10.2 Å². The Morgan fingerprint density at radius 2 is 1.61 bits per heavy atom. The first-order valence-electron chi connectivity index (χ1n) is 5.65. The highest BCUT2D eigenvalue weighted by molar-refractivity contribution is 5.66. The molecule has 0 bridgehead atoms. The number of hydrogen-bond donors (Lipinski definition) is 1. The predicted molar refractivity (Wildman–Crippen MR) is 70.8 cm³/mol. The molecule has 1 heterocycles. The second kappa shape index (κ2) is 6.30. The van der Waals surface area contributed by atoms with Gasteiger partial charge in [-0.05, 0) is 23.6 Å². The van der Waals surface area contributed by atoms with Gasteiger partial charge in [0.1, 0.15) is 0 Å². The summed E-state index contributed by atoms with van der Waals surface area (Å²) in [5.74, 6) is 0. The van der Waals surface area contributed by atoms with Crippen molar-refractivity contribution in [2.45, 2.75) is 6.92 Å². The number of benzene rings is 2. The Hall–Kier alpha value is -2.49. The minimum absolute atomic E-state index is 1.29. The summed E-state index contributed by atoms with van der Waals surface area (Å²) < 4.78 is 0. The minimum Gasteiger partial charge on any atom is -0.177 e. The Morgan fingerprint density at radius 3 is 2.17 bits per heavy atom.